The Morgan fingerprint density at radius 2 is 1.94 bits per heavy atom. The maximum Gasteiger partial charge on any atom is 0.298 e. The third kappa shape index (κ3) is 5.25. The van der Waals surface area contributed by atoms with Crippen molar-refractivity contribution in [3.8, 4) is 11.8 Å². The van der Waals surface area contributed by atoms with E-state index in [1.807, 2.05) is 18.7 Å². The van der Waals surface area contributed by atoms with Gasteiger partial charge in [-0.1, -0.05) is 33.6 Å². The first-order chi connectivity index (χ1) is 7.15. The van der Waals surface area contributed by atoms with Crippen molar-refractivity contribution >= 4 is 14.3 Å². The van der Waals surface area contributed by atoms with Crippen LogP contribution < -0.4 is 0 Å². The van der Waals surface area contributed by atoms with E-state index >= 15 is 0 Å². The van der Waals surface area contributed by atoms with Crippen LogP contribution in [0.1, 0.15) is 41.0 Å². The van der Waals surface area contributed by atoms with Gasteiger partial charge in [-0.25, -0.2) is 0 Å². The quantitative estimate of drug-likeness (QED) is 0.489. The van der Waals surface area contributed by atoms with Crippen molar-refractivity contribution in [1.82, 2.24) is 4.90 Å². The molecule has 1 aliphatic heterocycles. The molecule has 3 heteroatoms. The average Bonchev–Trinajstić information content (AvgIpc) is 2.70. The summed E-state index contributed by atoms with van der Waals surface area (Å²) in [5.74, 6) is 6.57. The molecule has 1 fully saturated rings. The number of rotatable bonds is 1. The van der Waals surface area contributed by atoms with Crippen LogP contribution in [0.4, 0.5) is 0 Å². The van der Waals surface area contributed by atoms with E-state index in [0.717, 1.165) is 19.5 Å². The first-order valence-electron chi connectivity index (χ1n) is 5.86. The largest absolute Gasteiger partial charge is 0.332 e. The molecule has 1 aliphatic rings. The molecule has 0 aromatic heterocycles. The molecule has 0 aliphatic carbocycles. The zero-order valence-electron chi connectivity index (χ0n) is 11.2. The van der Waals surface area contributed by atoms with Crippen LogP contribution >= 0.6 is 0 Å². The van der Waals surface area contributed by atoms with E-state index in [-0.39, 0.29) is 14.3 Å². The number of carbonyl (C=O) groups excluding carboxylic acids is 1. The highest BCUT2D eigenvalue weighted by atomic mass is 16.2. The van der Waals surface area contributed by atoms with Gasteiger partial charge in [-0.2, -0.15) is 0 Å². The van der Waals surface area contributed by atoms with E-state index in [2.05, 4.69) is 25.7 Å². The van der Waals surface area contributed by atoms with E-state index in [4.69, 9.17) is 0 Å². The second-order valence-corrected chi connectivity index (χ2v) is 3.92. The van der Waals surface area contributed by atoms with Crippen molar-refractivity contribution in [3.05, 3.63) is 0 Å². The van der Waals surface area contributed by atoms with Crippen LogP contribution in [0, 0.1) is 23.7 Å². The van der Waals surface area contributed by atoms with Gasteiger partial charge in [0, 0.05) is 21.5 Å². The third-order valence-corrected chi connectivity index (χ3v) is 2.69. The molecule has 1 amide bonds. The summed E-state index contributed by atoms with van der Waals surface area (Å²) in [7, 11) is 0. The molecular formula is C13H23BNO. The summed E-state index contributed by atoms with van der Waals surface area (Å²) in [6.45, 7) is 11.9. The Morgan fingerprint density at radius 3 is 2.31 bits per heavy atom. The van der Waals surface area contributed by atoms with Gasteiger partial charge < -0.3 is 4.90 Å². The van der Waals surface area contributed by atoms with Gasteiger partial charge in [0.15, 0.2) is 0 Å². The van der Waals surface area contributed by atoms with E-state index in [1.165, 1.54) is 0 Å². The lowest BCUT2D eigenvalue weighted by atomic mass is 9.95. The zero-order chi connectivity index (χ0) is 11.8. The van der Waals surface area contributed by atoms with Crippen molar-refractivity contribution in [2.24, 2.45) is 11.8 Å². The molecule has 0 N–H and O–H groups in total. The summed E-state index contributed by atoms with van der Waals surface area (Å²) in [6, 6.07) is 0. The molecule has 0 aromatic rings. The molecule has 1 saturated heterocycles. The molecule has 1 heterocycles. The van der Waals surface area contributed by atoms with Gasteiger partial charge in [-0.05, 0) is 31.1 Å². The lowest BCUT2D eigenvalue weighted by Crippen LogP contribution is -2.27. The fraction of sp³-hybridized carbons (Fsp3) is 0.769. The van der Waals surface area contributed by atoms with E-state index in [1.54, 1.807) is 6.92 Å². The predicted molar refractivity (Wildman–Crippen MR) is 70.1 cm³/mol. The molecule has 1 rings (SSSR count). The van der Waals surface area contributed by atoms with Crippen LogP contribution in [0.15, 0.2) is 0 Å². The molecule has 1 atom stereocenters. The lowest BCUT2D eigenvalue weighted by molar-refractivity contribution is -0.124. The minimum atomic E-state index is -0.00866. The standard InChI is InChI=1S/C11H17NO.C2H6.B/c1-4-5-11(13)12-7-6-10(8-12)9(2)3;1-2;/h9-10H,6-8H2,1-3H3;1-2H3;. The van der Waals surface area contributed by atoms with Crippen molar-refractivity contribution in [3.63, 3.8) is 0 Å². The number of hydrogen-bond acceptors (Lipinski definition) is 1. The fourth-order valence-electron chi connectivity index (χ4n) is 1.70. The van der Waals surface area contributed by atoms with Crippen LogP contribution in [0.3, 0.4) is 0 Å². The Balaban J connectivity index is 0. The Morgan fingerprint density at radius 1 is 1.38 bits per heavy atom. The lowest BCUT2D eigenvalue weighted by Gasteiger charge is -2.15. The van der Waals surface area contributed by atoms with E-state index in [0.29, 0.717) is 11.8 Å². The first-order valence-corrected chi connectivity index (χ1v) is 5.86. The van der Waals surface area contributed by atoms with E-state index in [9.17, 15) is 4.79 Å². The second-order valence-electron chi connectivity index (χ2n) is 3.92. The number of nitrogens with zero attached hydrogens (tertiary/aromatic N) is 1. The van der Waals surface area contributed by atoms with E-state index < -0.39 is 0 Å². The van der Waals surface area contributed by atoms with Crippen LogP contribution in [0.2, 0.25) is 0 Å². The van der Waals surface area contributed by atoms with Gasteiger partial charge in [-0.3, -0.25) is 4.79 Å². The summed E-state index contributed by atoms with van der Waals surface area (Å²) in [5, 5.41) is 0. The van der Waals surface area contributed by atoms with Crippen molar-refractivity contribution in [1.29, 1.82) is 0 Å². The first kappa shape index (κ1) is 17.5. The highest BCUT2D eigenvalue weighted by molar-refractivity contribution is 5.93. The van der Waals surface area contributed by atoms with Crippen molar-refractivity contribution in [2.75, 3.05) is 13.1 Å². The third-order valence-electron chi connectivity index (χ3n) is 2.69. The van der Waals surface area contributed by atoms with Gasteiger partial charge >= 0.3 is 0 Å². The summed E-state index contributed by atoms with van der Waals surface area (Å²) in [4.78, 5) is 13.2. The molecule has 0 bridgehead atoms. The highest BCUT2D eigenvalue weighted by Crippen LogP contribution is 2.23. The van der Waals surface area contributed by atoms with Gasteiger partial charge in [0.25, 0.3) is 5.91 Å². The molecule has 0 aromatic carbocycles. The molecule has 0 saturated carbocycles. The van der Waals surface area contributed by atoms with Crippen molar-refractivity contribution < 1.29 is 4.79 Å². The second kappa shape index (κ2) is 9.33. The summed E-state index contributed by atoms with van der Waals surface area (Å²) >= 11 is 0. The minimum absolute atomic E-state index is 0. The highest BCUT2D eigenvalue weighted by Gasteiger charge is 2.26. The van der Waals surface area contributed by atoms with Gasteiger partial charge in [0.05, 0.1) is 0 Å². The SMILES string of the molecule is CC.CC#CC(=O)N1CCC(C(C)C)C1.[B]. The molecule has 0 spiro atoms. The normalized spacial score (nSPS) is 17.9. The summed E-state index contributed by atoms with van der Waals surface area (Å²) in [6.07, 6.45) is 1.13. The Kier molecular flexibility index (Phi) is 10.2. The van der Waals surface area contributed by atoms with Crippen LogP contribution in [0.25, 0.3) is 0 Å². The predicted octanol–water partition coefficient (Wildman–Crippen LogP) is 2.16. The number of amides is 1. The molecule has 16 heavy (non-hydrogen) atoms. The van der Waals surface area contributed by atoms with Crippen LogP contribution in [-0.2, 0) is 4.79 Å². The van der Waals surface area contributed by atoms with Gasteiger partial charge in [0.2, 0.25) is 0 Å². The van der Waals surface area contributed by atoms with Gasteiger partial charge in [0.1, 0.15) is 0 Å². The van der Waals surface area contributed by atoms with Gasteiger partial charge in [-0.15, -0.1) is 0 Å². The van der Waals surface area contributed by atoms with Crippen molar-refractivity contribution in [2.45, 2.75) is 41.0 Å². The van der Waals surface area contributed by atoms with Crippen LogP contribution in [0.5, 0.6) is 0 Å². The molecule has 2 nitrogen and oxygen atoms in total. The maximum atomic E-state index is 11.4. The molecule has 89 valence electrons. The number of likely N-dealkylation sites (tertiary alicyclic amines) is 1. The zero-order valence-corrected chi connectivity index (χ0v) is 11.2. The summed E-state index contributed by atoms with van der Waals surface area (Å²) < 4.78 is 0. The number of carbonyl (C=O) groups is 1. The molecule has 3 radical (unpaired) electrons. The maximum absolute atomic E-state index is 11.4. The molecular weight excluding hydrogens is 197 g/mol. The average molecular weight is 220 g/mol. The summed E-state index contributed by atoms with van der Waals surface area (Å²) in [5.41, 5.74) is 0. The smallest absolute Gasteiger partial charge is 0.298 e. The topological polar surface area (TPSA) is 20.3 Å². The Hall–Kier alpha value is -0.905. The number of hydrogen-bond donors (Lipinski definition) is 0. The molecule has 1 unspecified atom stereocenters. The minimum Gasteiger partial charge on any atom is -0.332 e. The Bertz CT molecular complexity index is 252. The monoisotopic (exact) mass is 220 g/mol. The fourth-order valence-corrected chi connectivity index (χ4v) is 1.70. The Labute approximate surface area is 102 Å². The van der Waals surface area contributed by atoms with Crippen LogP contribution in [-0.4, -0.2) is 32.3 Å².